The summed E-state index contributed by atoms with van der Waals surface area (Å²) in [4.78, 5) is 0. The van der Waals surface area contributed by atoms with Crippen molar-refractivity contribution in [1.82, 2.24) is 0 Å². The van der Waals surface area contributed by atoms with E-state index in [1.165, 1.54) is 44.5 Å². The fourth-order valence-corrected chi connectivity index (χ4v) is 36.0. The molecule has 2 aliphatic rings. The SMILES string of the molecule is Cc1cc2c(cc1C(C)(C)C)-c1cc(C(C)(C)C)c(C)cc1[CH]2[Hf]([Cl])([Cl])(=[C](c1ccc(Cl)cc1)c1ccc(Cl)cc1)[CH]1C=CC=C1. The van der Waals surface area contributed by atoms with Crippen molar-refractivity contribution in [2.75, 3.05) is 0 Å². The van der Waals surface area contributed by atoms with Crippen molar-refractivity contribution in [2.45, 2.75) is 73.6 Å². The Bertz CT molecular complexity index is 1860. The zero-order chi connectivity index (χ0) is 33.4. The molecule has 0 nitrogen and oxygen atoms in total. The summed E-state index contributed by atoms with van der Waals surface area (Å²) < 4.78 is 0.717. The number of hydrogen-bond donors (Lipinski definition) is 0. The van der Waals surface area contributed by atoms with E-state index in [4.69, 9.17) is 40.4 Å². The Balaban J connectivity index is 1.85. The molecule has 2 aliphatic carbocycles. The summed E-state index contributed by atoms with van der Waals surface area (Å²) in [6, 6.07) is 25.7. The number of halogens is 4. The summed E-state index contributed by atoms with van der Waals surface area (Å²) in [7, 11) is 17.4. The fraction of sp³-hybridized carbons (Fsp3) is 0.293. The topological polar surface area (TPSA) is 0 Å². The van der Waals surface area contributed by atoms with Crippen LogP contribution in [0.15, 0.2) is 97.1 Å². The molecule has 0 heterocycles. The second kappa shape index (κ2) is 11.7. The second-order valence-corrected chi connectivity index (χ2v) is 45.6. The van der Waals surface area contributed by atoms with Crippen LogP contribution in [0.2, 0.25) is 13.7 Å². The van der Waals surface area contributed by atoms with Crippen molar-refractivity contribution in [1.29, 1.82) is 0 Å². The van der Waals surface area contributed by atoms with Crippen molar-refractivity contribution >= 4 is 43.6 Å². The third-order valence-corrected chi connectivity index (χ3v) is 38.6. The van der Waals surface area contributed by atoms with E-state index in [0.29, 0.717) is 10.0 Å². The van der Waals surface area contributed by atoms with Gasteiger partial charge in [0.2, 0.25) is 0 Å². The van der Waals surface area contributed by atoms with Crippen LogP contribution in [0.25, 0.3) is 11.1 Å². The predicted molar refractivity (Wildman–Crippen MR) is 200 cm³/mol. The van der Waals surface area contributed by atoms with E-state index in [2.05, 4.69) is 128 Å². The molecule has 6 rings (SSSR count). The van der Waals surface area contributed by atoms with E-state index in [0.717, 1.165) is 14.4 Å². The average molecular weight is 855 g/mol. The van der Waals surface area contributed by atoms with E-state index >= 15 is 0 Å². The molecule has 0 saturated heterocycles. The Hall–Kier alpha value is -1.74. The molecule has 5 heteroatoms. The summed E-state index contributed by atoms with van der Waals surface area (Å²) in [6.45, 7) is 18.2. The van der Waals surface area contributed by atoms with Crippen LogP contribution >= 0.6 is 40.4 Å². The molecule has 0 aromatic heterocycles. The standard InChI is InChI=1S/C23H29.C13H8Cl2.C5H5.2ClH.Hf/c1-14-9-16-11-17-10-15(2)21(23(6,7)8)13-19(17)18(16)12-20(14)22(3,4)5;14-12-5-1-10(2-6-12)9-11-3-7-13(15)8-4-11;1-2-4-5-3-1;;;/h9-13H,1-8H3;1-8H;1-5H;2*1H;/q;;;;;+2/p-2. The maximum absolute atomic E-state index is 8.72. The summed E-state index contributed by atoms with van der Waals surface area (Å²) >= 11 is 7.29. The number of fused-ring (bicyclic) bond motifs is 3. The molecule has 4 aromatic rings. The summed E-state index contributed by atoms with van der Waals surface area (Å²) in [5.74, 6) is 0. The van der Waals surface area contributed by atoms with Gasteiger partial charge < -0.3 is 0 Å². The molecule has 0 N–H and O–H groups in total. The molecule has 0 unspecified atom stereocenters. The van der Waals surface area contributed by atoms with Gasteiger partial charge in [-0.2, -0.15) is 0 Å². The first-order valence-corrected chi connectivity index (χ1v) is 31.6. The van der Waals surface area contributed by atoms with Crippen LogP contribution in [-0.4, -0.2) is 3.26 Å². The van der Waals surface area contributed by atoms with Crippen LogP contribution in [0.5, 0.6) is 0 Å². The van der Waals surface area contributed by atoms with Crippen LogP contribution in [0, 0.1) is 13.8 Å². The first kappa shape index (κ1) is 34.1. The molecule has 0 saturated carbocycles. The third-order valence-electron chi connectivity index (χ3n) is 9.95. The van der Waals surface area contributed by atoms with Crippen LogP contribution in [0.1, 0.15) is 89.7 Å². The Morgan fingerprint density at radius 3 is 1.30 bits per heavy atom. The van der Waals surface area contributed by atoms with E-state index in [9.17, 15) is 0 Å². The molecule has 238 valence electrons. The molecule has 0 radical (unpaired) electrons. The van der Waals surface area contributed by atoms with Crippen LogP contribution in [0.4, 0.5) is 0 Å². The van der Waals surface area contributed by atoms with Gasteiger partial charge in [-0.25, -0.2) is 0 Å². The van der Waals surface area contributed by atoms with Gasteiger partial charge in [0.15, 0.2) is 0 Å². The van der Waals surface area contributed by atoms with Crippen LogP contribution < -0.4 is 0 Å². The first-order chi connectivity index (χ1) is 21.4. The Morgan fingerprint density at radius 2 is 0.957 bits per heavy atom. The van der Waals surface area contributed by atoms with Crippen molar-refractivity contribution in [2.24, 2.45) is 0 Å². The van der Waals surface area contributed by atoms with E-state index in [1.54, 1.807) is 0 Å². The van der Waals surface area contributed by atoms with Crippen molar-refractivity contribution < 1.29 is 15.7 Å². The molecule has 0 amide bonds. The van der Waals surface area contributed by atoms with Gasteiger partial charge in [-0.3, -0.25) is 0 Å². The van der Waals surface area contributed by atoms with Gasteiger partial charge in [0, 0.05) is 0 Å². The number of hydrogen-bond acceptors (Lipinski definition) is 0. The molecule has 0 bridgehead atoms. The Labute approximate surface area is 293 Å². The van der Waals surface area contributed by atoms with E-state index in [-0.39, 0.29) is 18.2 Å². The van der Waals surface area contributed by atoms with Gasteiger partial charge in [-0.05, 0) is 0 Å². The third kappa shape index (κ3) is 5.61. The molecule has 4 aromatic carbocycles. The number of benzene rings is 4. The van der Waals surface area contributed by atoms with Gasteiger partial charge in [-0.1, -0.05) is 0 Å². The van der Waals surface area contributed by atoms with Crippen molar-refractivity contribution in [3.8, 4) is 11.1 Å². The molecule has 0 aliphatic heterocycles. The zero-order valence-electron chi connectivity index (χ0n) is 27.9. The number of aryl methyl sites for hydroxylation is 2. The maximum atomic E-state index is 8.72. The Kier molecular flexibility index (Phi) is 8.68. The molecule has 0 spiro atoms. The van der Waals surface area contributed by atoms with Crippen molar-refractivity contribution in [3.05, 3.63) is 152 Å². The molecular weight excluding hydrogens is 813 g/mol. The number of allylic oxidation sites excluding steroid dienone is 4. The predicted octanol–water partition coefficient (Wildman–Crippen LogP) is 13.5. The quantitative estimate of drug-likeness (QED) is 0.179. The van der Waals surface area contributed by atoms with Gasteiger partial charge in [0.1, 0.15) is 0 Å². The summed E-state index contributed by atoms with van der Waals surface area (Å²) in [6.07, 6.45) is 8.66. The average Bonchev–Trinajstić information content (AvgIpc) is 3.61. The Morgan fingerprint density at radius 1 is 0.587 bits per heavy atom. The molecule has 46 heavy (non-hydrogen) atoms. The molecule has 0 atom stereocenters. The number of rotatable bonds is 4. The van der Waals surface area contributed by atoms with E-state index < -0.39 is 15.7 Å². The summed E-state index contributed by atoms with van der Waals surface area (Å²) in [5, 5.41) is 1.35. The van der Waals surface area contributed by atoms with Gasteiger partial charge in [0.05, 0.1) is 0 Å². The van der Waals surface area contributed by atoms with Gasteiger partial charge >= 0.3 is 296 Å². The van der Waals surface area contributed by atoms with Gasteiger partial charge in [-0.15, -0.1) is 0 Å². The minimum absolute atomic E-state index is 0.0174. The van der Waals surface area contributed by atoms with Crippen molar-refractivity contribution in [3.63, 3.8) is 0 Å². The van der Waals surface area contributed by atoms with Crippen LogP contribution in [-0.2, 0) is 26.5 Å². The second-order valence-electron chi connectivity index (χ2n) is 15.3. The summed E-state index contributed by atoms with van der Waals surface area (Å²) in [5.41, 5.74) is 12.2. The van der Waals surface area contributed by atoms with Gasteiger partial charge in [0.25, 0.3) is 0 Å². The molecule has 0 fully saturated rings. The normalized spacial score (nSPS) is 15.4. The van der Waals surface area contributed by atoms with E-state index in [1.807, 2.05) is 24.3 Å². The zero-order valence-corrected chi connectivity index (χ0v) is 34.5. The fourth-order valence-electron chi connectivity index (χ4n) is 8.00. The van der Waals surface area contributed by atoms with Crippen LogP contribution in [0.3, 0.4) is 0 Å². The molecular formula is C41H42Cl4Hf. The minimum atomic E-state index is -5.63. The monoisotopic (exact) mass is 854 g/mol. The first-order valence-electron chi connectivity index (χ1n) is 16.0.